The Kier molecular flexibility index (Phi) is 6.37. The molecule has 2 heteroatoms. The molecular formula is C14H29NO. The van der Waals surface area contributed by atoms with Gasteiger partial charge in [0.2, 0.25) is 0 Å². The van der Waals surface area contributed by atoms with Crippen LogP contribution in [0.1, 0.15) is 52.9 Å². The molecule has 1 N–H and O–H groups in total. The van der Waals surface area contributed by atoms with Crippen LogP contribution in [-0.2, 0) is 4.74 Å². The van der Waals surface area contributed by atoms with Crippen LogP contribution < -0.4 is 5.32 Å². The summed E-state index contributed by atoms with van der Waals surface area (Å²) in [7, 11) is 0. The first-order chi connectivity index (χ1) is 7.73. The second-order valence-electron chi connectivity index (χ2n) is 5.42. The van der Waals surface area contributed by atoms with E-state index in [0.717, 1.165) is 32.2 Å². The highest BCUT2D eigenvalue weighted by Crippen LogP contribution is 2.47. The molecule has 1 aliphatic carbocycles. The topological polar surface area (TPSA) is 21.3 Å². The van der Waals surface area contributed by atoms with E-state index >= 15 is 0 Å². The van der Waals surface area contributed by atoms with Crippen molar-refractivity contribution in [3.8, 4) is 0 Å². The number of unbranched alkanes of at least 4 members (excludes halogenated alkanes) is 1. The molecule has 0 saturated heterocycles. The summed E-state index contributed by atoms with van der Waals surface area (Å²) < 4.78 is 5.70. The zero-order valence-corrected chi connectivity index (χ0v) is 11.3. The molecule has 0 aromatic rings. The molecule has 1 saturated carbocycles. The Hall–Kier alpha value is -0.0800. The minimum absolute atomic E-state index is 0.474. The van der Waals surface area contributed by atoms with Gasteiger partial charge < -0.3 is 10.1 Å². The molecule has 1 fully saturated rings. The SMILES string of the molecule is CCCCOCCC(C)(CNCC)C1CC1. The Morgan fingerprint density at radius 3 is 2.56 bits per heavy atom. The molecule has 0 amide bonds. The van der Waals surface area contributed by atoms with Gasteiger partial charge in [0.05, 0.1) is 0 Å². The van der Waals surface area contributed by atoms with E-state index in [4.69, 9.17) is 4.74 Å². The normalized spacial score (nSPS) is 19.7. The Morgan fingerprint density at radius 2 is 2.00 bits per heavy atom. The van der Waals surface area contributed by atoms with Gasteiger partial charge in [-0.1, -0.05) is 27.2 Å². The number of rotatable bonds is 10. The molecule has 96 valence electrons. The lowest BCUT2D eigenvalue weighted by Gasteiger charge is -2.30. The molecule has 0 radical (unpaired) electrons. The second kappa shape index (κ2) is 7.29. The number of hydrogen-bond acceptors (Lipinski definition) is 2. The lowest BCUT2D eigenvalue weighted by Crippen LogP contribution is -2.34. The summed E-state index contributed by atoms with van der Waals surface area (Å²) >= 11 is 0. The quantitative estimate of drug-likeness (QED) is 0.579. The van der Waals surface area contributed by atoms with Gasteiger partial charge in [0.1, 0.15) is 0 Å². The van der Waals surface area contributed by atoms with Crippen molar-refractivity contribution in [2.75, 3.05) is 26.3 Å². The van der Waals surface area contributed by atoms with E-state index in [-0.39, 0.29) is 0 Å². The fourth-order valence-electron chi connectivity index (χ4n) is 2.28. The Morgan fingerprint density at radius 1 is 1.25 bits per heavy atom. The molecular weight excluding hydrogens is 198 g/mol. The molecule has 1 rings (SSSR count). The highest BCUT2D eigenvalue weighted by molar-refractivity contribution is 4.92. The third kappa shape index (κ3) is 4.84. The smallest absolute Gasteiger partial charge is 0.0471 e. The Labute approximate surface area is 101 Å². The van der Waals surface area contributed by atoms with Crippen molar-refractivity contribution in [3.63, 3.8) is 0 Å². The van der Waals surface area contributed by atoms with E-state index < -0.39 is 0 Å². The summed E-state index contributed by atoms with van der Waals surface area (Å²) in [5.74, 6) is 0.946. The Balaban J connectivity index is 2.17. The van der Waals surface area contributed by atoms with E-state index in [9.17, 15) is 0 Å². The summed E-state index contributed by atoms with van der Waals surface area (Å²) in [6, 6.07) is 0. The van der Waals surface area contributed by atoms with Crippen LogP contribution in [0, 0.1) is 11.3 Å². The van der Waals surface area contributed by atoms with E-state index in [1.54, 1.807) is 0 Å². The van der Waals surface area contributed by atoms with Gasteiger partial charge in [0.15, 0.2) is 0 Å². The van der Waals surface area contributed by atoms with Crippen molar-refractivity contribution in [2.45, 2.75) is 52.9 Å². The van der Waals surface area contributed by atoms with E-state index in [1.807, 2.05) is 0 Å². The van der Waals surface area contributed by atoms with Crippen molar-refractivity contribution in [3.05, 3.63) is 0 Å². The van der Waals surface area contributed by atoms with Crippen LogP contribution in [0.25, 0.3) is 0 Å². The van der Waals surface area contributed by atoms with E-state index in [0.29, 0.717) is 5.41 Å². The van der Waals surface area contributed by atoms with Crippen LogP contribution in [-0.4, -0.2) is 26.3 Å². The van der Waals surface area contributed by atoms with Crippen molar-refractivity contribution < 1.29 is 4.74 Å². The minimum atomic E-state index is 0.474. The minimum Gasteiger partial charge on any atom is -0.381 e. The first-order valence-electron chi connectivity index (χ1n) is 7.01. The van der Waals surface area contributed by atoms with Crippen LogP contribution in [0.5, 0.6) is 0 Å². The molecule has 1 unspecified atom stereocenters. The van der Waals surface area contributed by atoms with Gasteiger partial charge in [-0.2, -0.15) is 0 Å². The van der Waals surface area contributed by atoms with Crippen molar-refractivity contribution in [1.82, 2.24) is 5.32 Å². The molecule has 0 heterocycles. The molecule has 1 atom stereocenters. The molecule has 2 nitrogen and oxygen atoms in total. The summed E-state index contributed by atoms with van der Waals surface area (Å²) in [6.07, 6.45) is 6.51. The van der Waals surface area contributed by atoms with Crippen molar-refractivity contribution in [2.24, 2.45) is 11.3 Å². The number of hydrogen-bond donors (Lipinski definition) is 1. The van der Waals surface area contributed by atoms with Gasteiger partial charge in [-0.25, -0.2) is 0 Å². The highest BCUT2D eigenvalue weighted by atomic mass is 16.5. The predicted octanol–water partition coefficient (Wildman–Crippen LogP) is 3.22. The van der Waals surface area contributed by atoms with Gasteiger partial charge >= 0.3 is 0 Å². The third-order valence-corrected chi connectivity index (χ3v) is 3.80. The summed E-state index contributed by atoms with van der Waals surface area (Å²) in [5, 5.41) is 3.51. The maximum atomic E-state index is 5.70. The maximum absolute atomic E-state index is 5.70. The molecule has 0 bridgehead atoms. The summed E-state index contributed by atoms with van der Waals surface area (Å²) in [6.45, 7) is 10.9. The van der Waals surface area contributed by atoms with Gasteiger partial charge in [0, 0.05) is 19.8 Å². The van der Waals surface area contributed by atoms with Crippen LogP contribution in [0.3, 0.4) is 0 Å². The molecule has 0 aliphatic heterocycles. The first-order valence-corrected chi connectivity index (χ1v) is 7.01. The maximum Gasteiger partial charge on any atom is 0.0471 e. The molecule has 1 aliphatic rings. The van der Waals surface area contributed by atoms with Crippen LogP contribution in [0.2, 0.25) is 0 Å². The molecule has 0 aromatic heterocycles. The lowest BCUT2D eigenvalue weighted by atomic mass is 9.81. The van der Waals surface area contributed by atoms with E-state index in [2.05, 4.69) is 26.1 Å². The largest absolute Gasteiger partial charge is 0.381 e. The van der Waals surface area contributed by atoms with Crippen molar-refractivity contribution >= 4 is 0 Å². The van der Waals surface area contributed by atoms with E-state index in [1.165, 1.54) is 32.1 Å². The fourth-order valence-corrected chi connectivity index (χ4v) is 2.28. The zero-order valence-electron chi connectivity index (χ0n) is 11.3. The molecule has 0 spiro atoms. The van der Waals surface area contributed by atoms with Gasteiger partial charge in [-0.05, 0) is 43.6 Å². The summed E-state index contributed by atoms with van der Waals surface area (Å²) in [5.41, 5.74) is 0.474. The summed E-state index contributed by atoms with van der Waals surface area (Å²) in [4.78, 5) is 0. The number of nitrogens with one attached hydrogen (secondary N) is 1. The third-order valence-electron chi connectivity index (χ3n) is 3.80. The fraction of sp³-hybridized carbons (Fsp3) is 1.00. The standard InChI is InChI=1S/C14H29NO/c1-4-6-10-16-11-9-14(3,12-15-5-2)13-7-8-13/h13,15H,4-12H2,1-3H3. The number of ether oxygens (including phenoxy) is 1. The van der Waals surface area contributed by atoms with Crippen LogP contribution >= 0.6 is 0 Å². The lowest BCUT2D eigenvalue weighted by molar-refractivity contribution is 0.0882. The van der Waals surface area contributed by atoms with Crippen LogP contribution in [0.15, 0.2) is 0 Å². The zero-order chi connectivity index (χ0) is 11.9. The monoisotopic (exact) mass is 227 g/mol. The van der Waals surface area contributed by atoms with Gasteiger partial charge in [0.25, 0.3) is 0 Å². The average molecular weight is 227 g/mol. The van der Waals surface area contributed by atoms with Crippen molar-refractivity contribution in [1.29, 1.82) is 0 Å². The molecule has 16 heavy (non-hydrogen) atoms. The molecule has 0 aromatic carbocycles. The van der Waals surface area contributed by atoms with Gasteiger partial charge in [-0.15, -0.1) is 0 Å². The van der Waals surface area contributed by atoms with Gasteiger partial charge in [-0.3, -0.25) is 0 Å². The second-order valence-corrected chi connectivity index (χ2v) is 5.42. The average Bonchev–Trinajstić information content (AvgIpc) is 3.10. The first kappa shape index (κ1) is 14.0. The predicted molar refractivity (Wildman–Crippen MR) is 69.7 cm³/mol. The Bertz CT molecular complexity index is 180. The highest BCUT2D eigenvalue weighted by Gasteiger charge is 2.40. The van der Waals surface area contributed by atoms with Crippen LogP contribution in [0.4, 0.5) is 0 Å².